The van der Waals surface area contributed by atoms with Crippen molar-refractivity contribution in [2.45, 2.75) is 31.6 Å². The molecular weight excluding hydrogens is 334 g/mol. The maximum atomic E-state index is 13.2. The van der Waals surface area contributed by atoms with Gasteiger partial charge in [0.2, 0.25) is 5.91 Å². The number of thiazole rings is 1. The summed E-state index contributed by atoms with van der Waals surface area (Å²) >= 11 is 1.73. The second kappa shape index (κ2) is 6.88. The molecule has 7 heteroatoms. The van der Waals surface area contributed by atoms with Crippen LogP contribution in [0.15, 0.2) is 17.8 Å². The maximum absolute atomic E-state index is 13.2. The van der Waals surface area contributed by atoms with Crippen molar-refractivity contribution in [3.63, 3.8) is 0 Å². The predicted octanol–water partition coefficient (Wildman–Crippen LogP) is 1.89. The Morgan fingerprint density at radius 1 is 1.40 bits per heavy atom. The highest BCUT2D eigenvalue weighted by atomic mass is 32.1. The summed E-state index contributed by atoms with van der Waals surface area (Å²) in [6.07, 6.45) is 6.13. The average molecular weight is 359 g/mol. The van der Waals surface area contributed by atoms with E-state index in [0.717, 1.165) is 50.3 Å². The summed E-state index contributed by atoms with van der Waals surface area (Å²) in [6, 6.07) is 0. The topological polar surface area (TPSA) is 63.1 Å². The molecule has 4 heterocycles. The van der Waals surface area contributed by atoms with Crippen molar-refractivity contribution in [2.24, 2.45) is 13.0 Å². The van der Waals surface area contributed by atoms with Gasteiger partial charge in [0.15, 0.2) is 0 Å². The molecule has 1 unspecified atom stereocenters. The number of aryl methyl sites for hydroxylation is 2. The van der Waals surface area contributed by atoms with Crippen molar-refractivity contribution < 1.29 is 4.79 Å². The Kier molecular flexibility index (Phi) is 4.60. The van der Waals surface area contributed by atoms with Crippen molar-refractivity contribution in [3.05, 3.63) is 34.0 Å². The molecule has 2 aliphatic rings. The molecule has 0 spiro atoms. The van der Waals surface area contributed by atoms with Gasteiger partial charge in [-0.2, -0.15) is 5.10 Å². The van der Waals surface area contributed by atoms with Gasteiger partial charge >= 0.3 is 0 Å². The van der Waals surface area contributed by atoms with Crippen LogP contribution in [-0.2, 0) is 11.8 Å². The van der Waals surface area contributed by atoms with E-state index in [9.17, 15) is 4.79 Å². The first-order chi connectivity index (χ1) is 12.1. The Morgan fingerprint density at radius 3 is 3.00 bits per heavy atom. The molecular formula is C18H25N5OS. The lowest BCUT2D eigenvalue weighted by atomic mass is 9.88. The van der Waals surface area contributed by atoms with Crippen LogP contribution in [0.3, 0.4) is 0 Å². The highest BCUT2D eigenvalue weighted by molar-refractivity contribution is 7.09. The minimum absolute atomic E-state index is 0.0148. The fraction of sp³-hybridized carbons (Fsp3) is 0.611. The summed E-state index contributed by atoms with van der Waals surface area (Å²) < 4.78 is 1.82. The Labute approximate surface area is 152 Å². The molecule has 134 valence electrons. The van der Waals surface area contributed by atoms with Crippen LogP contribution in [0.1, 0.15) is 40.9 Å². The lowest BCUT2D eigenvalue weighted by Gasteiger charge is -2.34. The molecule has 2 aromatic rings. The quantitative estimate of drug-likeness (QED) is 0.909. The van der Waals surface area contributed by atoms with Gasteiger partial charge in [-0.05, 0) is 25.3 Å². The number of carbonyl (C=O) groups excluding carboxylic acids is 1. The zero-order valence-electron chi connectivity index (χ0n) is 14.8. The monoisotopic (exact) mass is 359 g/mol. The van der Waals surface area contributed by atoms with E-state index in [4.69, 9.17) is 0 Å². The van der Waals surface area contributed by atoms with E-state index >= 15 is 0 Å². The van der Waals surface area contributed by atoms with E-state index in [0.29, 0.717) is 5.92 Å². The van der Waals surface area contributed by atoms with Crippen LogP contribution in [0.25, 0.3) is 0 Å². The maximum Gasteiger partial charge on any atom is 0.227 e. The molecule has 0 aromatic carbocycles. The normalized spacial score (nSPS) is 27.0. The van der Waals surface area contributed by atoms with Crippen LogP contribution >= 0.6 is 11.3 Å². The summed E-state index contributed by atoms with van der Waals surface area (Å²) in [7, 11) is 1.92. The van der Waals surface area contributed by atoms with Gasteiger partial charge in [-0.3, -0.25) is 9.48 Å². The largest absolute Gasteiger partial charge is 0.342 e. The zero-order valence-corrected chi connectivity index (χ0v) is 15.6. The average Bonchev–Trinajstić information content (AvgIpc) is 3.34. The number of nitrogens with zero attached hydrogens (tertiary/aromatic N) is 4. The van der Waals surface area contributed by atoms with Gasteiger partial charge in [-0.15, -0.1) is 11.3 Å². The van der Waals surface area contributed by atoms with Crippen molar-refractivity contribution in [1.82, 2.24) is 25.0 Å². The molecule has 4 rings (SSSR count). The molecule has 0 saturated carbocycles. The Balaban J connectivity index is 1.47. The van der Waals surface area contributed by atoms with Crippen molar-refractivity contribution in [3.8, 4) is 0 Å². The Morgan fingerprint density at radius 2 is 2.28 bits per heavy atom. The van der Waals surface area contributed by atoms with Gasteiger partial charge < -0.3 is 10.2 Å². The summed E-state index contributed by atoms with van der Waals surface area (Å²) in [5, 5.41) is 11.0. The molecule has 6 nitrogen and oxygen atoms in total. The number of nitrogens with one attached hydrogen (secondary N) is 1. The molecule has 25 heavy (non-hydrogen) atoms. The van der Waals surface area contributed by atoms with E-state index in [1.807, 2.05) is 31.0 Å². The second-order valence-corrected chi connectivity index (χ2v) is 8.16. The van der Waals surface area contributed by atoms with E-state index in [1.54, 1.807) is 11.3 Å². The third kappa shape index (κ3) is 3.35. The van der Waals surface area contributed by atoms with Crippen LogP contribution in [0.4, 0.5) is 0 Å². The van der Waals surface area contributed by atoms with E-state index in [1.165, 1.54) is 5.01 Å². The number of amides is 1. The molecule has 0 bridgehead atoms. The number of hydrogen-bond acceptors (Lipinski definition) is 5. The minimum Gasteiger partial charge on any atom is -0.342 e. The first kappa shape index (κ1) is 16.7. The van der Waals surface area contributed by atoms with Gasteiger partial charge in [0.05, 0.1) is 17.1 Å². The van der Waals surface area contributed by atoms with Crippen LogP contribution in [-0.4, -0.2) is 51.8 Å². The minimum atomic E-state index is 0.0148. The van der Waals surface area contributed by atoms with Crippen LogP contribution in [0.2, 0.25) is 0 Å². The number of carbonyl (C=O) groups is 1. The van der Waals surface area contributed by atoms with Gasteiger partial charge in [0, 0.05) is 62.3 Å². The van der Waals surface area contributed by atoms with Crippen molar-refractivity contribution in [2.75, 3.05) is 26.2 Å². The SMILES string of the molecule is Cc1csc(C2CCCN(C(=O)[C@H]3CNC[C@@H]3c3cnn(C)c3)C2)n1. The van der Waals surface area contributed by atoms with E-state index < -0.39 is 0 Å². The van der Waals surface area contributed by atoms with E-state index in [-0.39, 0.29) is 17.7 Å². The highest BCUT2D eigenvalue weighted by Gasteiger charge is 2.38. The molecule has 2 saturated heterocycles. The highest BCUT2D eigenvalue weighted by Crippen LogP contribution is 2.33. The number of aromatic nitrogens is 3. The zero-order chi connectivity index (χ0) is 17.4. The molecule has 0 aliphatic carbocycles. The summed E-state index contributed by atoms with van der Waals surface area (Å²) in [5.74, 6) is 0.920. The lowest BCUT2D eigenvalue weighted by molar-refractivity contribution is -0.136. The summed E-state index contributed by atoms with van der Waals surface area (Å²) in [5.41, 5.74) is 2.25. The van der Waals surface area contributed by atoms with Crippen LogP contribution < -0.4 is 5.32 Å². The first-order valence-electron chi connectivity index (χ1n) is 9.02. The predicted molar refractivity (Wildman–Crippen MR) is 97.7 cm³/mol. The molecule has 3 atom stereocenters. The standard InChI is InChI=1S/C18H25N5OS/c1-12-11-25-17(21-12)13-4-3-5-23(10-13)18(24)16-8-19-7-15(16)14-6-20-22(2)9-14/h6,9,11,13,15-16,19H,3-5,7-8,10H2,1-2H3/t13?,15-,16+/m1/s1. The number of likely N-dealkylation sites (tertiary alicyclic amines) is 1. The van der Waals surface area contributed by atoms with Crippen molar-refractivity contribution >= 4 is 17.2 Å². The Bertz CT molecular complexity index is 754. The number of rotatable bonds is 3. The third-order valence-electron chi connectivity index (χ3n) is 5.40. The molecule has 1 N–H and O–H groups in total. The van der Waals surface area contributed by atoms with E-state index in [2.05, 4.69) is 25.7 Å². The first-order valence-corrected chi connectivity index (χ1v) is 9.90. The van der Waals surface area contributed by atoms with Crippen LogP contribution in [0, 0.1) is 12.8 Å². The molecule has 2 aliphatic heterocycles. The molecule has 1 amide bonds. The molecule has 2 fully saturated rings. The molecule has 2 aromatic heterocycles. The van der Waals surface area contributed by atoms with Crippen LogP contribution in [0.5, 0.6) is 0 Å². The lowest BCUT2D eigenvalue weighted by Crippen LogP contribution is -2.44. The number of hydrogen-bond donors (Lipinski definition) is 1. The van der Waals surface area contributed by atoms with Gasteiger partial charge in [0.25, 0.3) is 0 Å². The Hall–Kier alpha value is -1.73. The fourth-order valence-corrected chi connectivity index (χ4v) is 5.02. The summed E-state index contributed by atoms with van der Waals surface area (Å²) in [4.78, 5) is 19.9. The van der Waals surface area contributed by atoms with Crippen molar-refractivity contribution in [1.29, 1.82) is 0 Å². The molecule has 0 radical (unpaired) electrons. The van der Waals surface area contributed by atoms with Gasteiger partial charge in [-0.1, -0.05) is 0 Å². The smallest absolute Gasteiger partial charge is 0.227 e. The number of piperidine rings is 1. The fourth-order valence-electron chi connectivity index (χ4n) is 4.09. The third-order valence-corrected chi connectivity index (χ3v) is 6.53. The second-order valence-electron chi connectivity index (χ2n) is 7.27. The van der Waals surface area contributed by atoms with Gasteiger partial charge in [0.1, 0.15) is 0 Å². The summed E-state index contributed by atoms with van der Waals surface area (Å²) in [6.45, 7) is 5.33. The van der Waals surface area contributed by atoms with Gasteiger partial charge in [-0.25, -0.2) is 4.98 Å².